The number of hydrogen-bond acceptors (Lipinski definition) is 2. The molecule has 0 aliphatic carbocycles. The molecule has 2 nitrogen and oxygen atoms in total. The second kappa shape index (κ2) is 11.3. The summed E-state index contributed by atoms with van der Waals surface area (Å²) in [6.45, 7) is 4.18. The Morgan fingerprint density at radius 1 is 0.500 bits per heavy atom. The molecule has 2 aromatic carbocycles. The lowest BCUT2D eigenvalue weighted by Crippen LogP contribution is -2.24. The molecule has 2 aromatic rings. The fraction of sp³-hybridized carbons (Fsp3) is 0.231. The molecular weight excluding hydrogens is 340 g/mol. The predicted molar refractivity (Wildman–Crippen MR) is 115 cm³/mol. The van der Waals surface area contributed by atoms with Gasteiger partial charge in [0.15, 0.2) is 0 Å². The van der Waals surface area contributed by atoms with Crippen molar-refractivity contribution in [3.05, 3.63) is 71.8 Å². The van der Waals surface area contributed by atoms with E-state index in [1.807, 2.05) is 12.1 Å². The quantitative estimate of drug-likeness (QED) is 0.772. The highest BCUT2D eigenvalue weighted by molar-refractivity contribution is 5.30. The van der Waals surface area contributed by atoms with Crippen molar-refractivity contribution in [3.8, 4) is 47.4 Å². The minimum Gasteiger partial charge on any atom is -0.277 e. The molecule has 0 radical (unpaired) electrons. The van der Waals surface area contributed by atoms with E-state index in [9.17, 15) is 0 Å². The first kappa shape index (κ1) is 19.4. The van der Waals surface area contributed by atoms with Gasteiger partial charge in [0.2, 0.25) is 0 Å². The van der Waals surface area contributed by atoms with Crippen LogP contribution in [0, 0.1) is 47.4 Å². The number of rotatable bonds is 4. The van der Waals surface area contributed by atoms with Crippen LogP contribution in [0.25, 0.3) is 0 Å². The summed E-state index contributed by atoms with van der Waals surface area (Å²) in [4.78, 5) is 4.40. The van der Waals surface area contributed by atoms with Gasteiger partial charge in [0, 0.05) is 13.1 Å². The van der Waals surface area contributed by atoms with E-state index >= 15 is 0 Å². The molecule has 1 aliphatic rings. The standard InChI is InChI=1S/C26H22N2/c1-2-12-20-28(24-26-17-9-6-10-18-26)22-14-4-3-13-21-27(19-11-1)23-25-15-7-5-8-16-25/h5-10,15-18H,19-24H2. The molecule has 0 aromatic heterocycles. The Balaban J connectivity index is 1.66. The Morgan fingerprint density at radius 2 is 0.821 bits per heavy atom. The van der Waals surface area contributed by atoms with Crippen molar-refractivity contribution < 1.29 is 0 Å². The number of nitrogens with zero attached hydrogens (tertiary/aromatic N) is 2. The van der Waals surface area contributed by atoms with Gasteiger partial charge in [-0.1, -0.05) is 84.3 Å². The van der Waals surface area contributed by atoms with Gasteiger partial charge in [-0.25, -0.2) is 0 Å². The lowest BCUT2D eigenvalue weighted by Gasteiger charge is -2.17. The van der Waals surface area contributed by atoms with Gasteiger partial charge in [0.05, 0.1) is 26.2 Å². The summed E-state index contributed by atoms with van der Waals surface area (Å²) in [5.74, 6) is 24.5. The molecule has 3 rings (SSSR count). The molecule has 0 fully saturated rings. The van der Waals surface area contributed by atoms with E-state index in [-0.39, 0.29) is 0 Å². The highest BCUT2D eigenvalue weighted by atomic mass is 15.1. The van der Waals surface area contributed by atoms with Crippen LogP contribution in [0.5, 0.6) is 0 Å². The van der Waals surface area contributed by atoms with Crippen molar-refractivity contribution >= 4 is 0 Å². The van der Waals surface area contributed by atoms with Crippen LogP contribution in [-0.4, -0.2) is 36.0 Å². The molecule has 0 atom stereocenters. The van der Waals surface area contributed by atoms with Crippen molar-refractivity contribution in [1.82, 2.24) is 9.80 Å². The Morgan fingerprint density at radius 3 is 1.14 bits per heavy atom. The van der Waals surface area contributed by atoms with Crippen LogP contribution in [0.2, 0.25) is 0 Å². The van der Waals surface area contributed by atoms with E-state index in [1.165, 1.54) is 11.1 Å². The molecule has 0 spiro atoms. The normalized spacial score (nSPS) is 14.6. The minimum absolute atomic E-state index is 0.638. The minimum atomic E-state index is 0.638. The van der Waals surface area contributed by atoms with Gasteiger partial charge in [-0.3, -0.25) is 9.80 Å². The summed E-state index contributed by atoms with van der Waals surface area (Å²) in [6.07, 6.45) is 0. The van der Waals surface area contributed by atoms with Crippen LogP contribution in [0.15, 0.2) is 60.7 Å². The maximum Gasteiger partial charge on any atom is 0.0623 e. The molecule has 0 saturated heterocycles. The summed E-state index contributed by atoms with van der Waals surface area (Å²) in [5, 5.41) is 0. The molecule has 2 heteroatoms. The predicted octanol–water partition coefficient (Wildman–Crippen LogP) is 3.02. The van der Waals surface area contributed by atoms with Crippen molar-refractivity contribution in [1.29, 1.82) is 0 Å². The van der Waals surface area contributed by atoms with Crippen molar-refractivity contribution in [2.45, 2.75) is 13.1 Å². The summed E-state index contributed by atoms with van der Waals surface area (Å²) < 4.78 is 0. The van der Waals surface area contributed by atoms with Gasteiger partial charge in [-0.05, 0) is 34.8 Å². The third-order valence-electron chi connectivity index (χ3n) is 4.19. The monoisotopic (exact) mass is 362 g/mol. The van der Waals surface area contributed by atoms with Gasteiger partial charge in [-0.2, -0.15) is 0 Å². The van der Waals surface area contributed by atoms with E-state index in [2.05, 4.69) is 106 Å². The topological polar surface area (TPSA) is 6.48 Å². The lowest BCUT2D eigenvalue weighted by molar-refractivity contribution is 0.337. The molecule has 136 valence electrons. The van der Waals surface area contributed by atoms with E-state index in [0.29, 0.717) is 26.2 Å². The van der Waals surface area contributed by atoms with Crippen molar-refractivity contribution in [2.75, 3.05) is 26.2 Å². The summed E-state index contributed by atoms with van der Waals surface area (Å²) in [7, 11) is 0. The van der Waals surface area contributed by atoms with E-state index in [1.54, 1.807) is 0 Å². The zero-order chi connectivity index (χ0) is 19.3. The van der Waals surface area contributed by atoms with Crippen LogP contribution in [0.3, 0.4) is 0 Å². The summed E-state index contributed by atoms with van der Waals surface area (Å²) in [6, 6.07) is 20.7. The maximum absolute atomic E-state index is 3.15. The highest BCUT2D eigenvalue weighted by Crippen LogP contribution is 2.04. The summed E-state index contributed by atoms with van der Waals surface area (Å²) >= 11 is 0. The van der Waals surface area contributed by atoms with Gasteiger partial charge in [0.25, 0.3) is 0 Å². The van der Waals surface area contributed by atoms with Crippen LogP contribution < -0.4 is 0 Å². The van der Waals surface area contributed by atoms with Crippen LogP contribution in [0.4, 0.5) is 0 Å². The van der Waals surface area contributed by atoms with Crippen molar-refractivity contribution in [2.24, 2.45) is 0 Å². The molecule has 0 unspecified atom stereocenters. The second-order valence-corrected chi connectivity index (χ2v) is 6.47. The Kier molecular flexibility index (Phi) is 7.84. The third-order valence-corrected chi connectivity index (χ3v) is 4.19. The van der Waals surface area contributed by atoms with E-state index < -0.39 is 0 Å². The fourth-order valence-corrected chi connectivity index (χ4v) is 2.80. The molecule has 0 bridgehead atoms. The molecule has 1 heterocycles. The first-order valence-corrected chi connectivity index (χ1v) is 9.34. The van der Waals surface area contributed by atoms with Crippen LogP contribution in [0.1, 0.15) is 11.1 Å². The number of hydrogen-bond donors (Lipinski definition) is 0. The Labute approximate surface area is 168 Å². The Bertz CT molecular complexity index is 864. The van der Waals surface area contributed by atoms with Crippen molar-refractivity contribution in [3.63, 3.8) is 0 Å². The highest BCUT2D eigenvalue weighted by Gasteiger charge is 2.03. The lowest BCUT2D eigenvalue weighted by atomic mass is 10.2. The Hall–Kier alpha value is -3.40. The molecule has 0 N–H and O–H groups in total. The maximum atomic E-state index is 3.15. The smallest absolute Gasteiger partial charge is 0.0623 e. The fourth-order valence-electron chi connectivity index (χ4n) is 2.80. The first-order valence-electron chi connectivity index (χ1n) is 9.34. The first-order chi connectivity index (χ1) is 13.9. The van der Waals surface area contributed by atoms with Gasteiger partial charge >= 0.3 is 0 Å². The average Bonchev–Trinajstić information content (AvgIpc) is 2.73. The third kappa shape index (κ3) is 7.08. The molecular formula is C26H22N2. The van der Waals surface area contributed by atoms with E-state index in [4.69, 9.17) is 0 Å². The average molecular weight is 362 g/mol. The van der Waals surface area contributed by atoms with Gasteiger partial charge < -0.3 is 0 Å². The zero-order valence-electron chi connectivity index (χ0n) is 15.9. The molecule has 0 saturated carbocycles. The van der Waals surface area contributed by atoms with Crippen LogP contribution >= 0.6 is 0 Å². The molecule has 28 heavy (non-hydrogen) atoms. The second-order valence-electron chi connectivity index (χ2n) is 6.47. The van der Waals surface area contributed by atoms with E-state index in [0.717, 1.165) is 13.1 Å². The zero-order valence-corrected chi connectivity index (χ0v) is 15.9. The molecule has 0 amide bonds. The SMILES string of the molecule is C1#CCN(Cc2ccccc2)CC#CC#CCN(Cc2ccccc2)CC#C1. The largest absolute Gasteiger partial charge is 0.277 e. The van der Waals surface area contributed by atoms with Gasteiger partial charge in [0.1, 0.15) is 0 Å². The summed E-state index contributed by atoms with van der Waals surface area (Å²) in [5.41, 5.74) is 2.50. The van der Waals surface area contributed by atoms with Gasteiger partial charge in [-0.15, -0.1) is 0 Å². The molecule has 1 aliphatic heterocycles. The number of benzene rings is 2. The van der Waals surface area contributed by atoms with Crippen LogP contribution in [-0.2, 0) is 13.1 Å².